The van der Waals surface area contributed by atoms with Gasteiger partial charge in [0.2, 0.25) is 0 Å². The van der Waals surface area contributed by atoms with Gasteiger partial charge in [0.15, 0.2) is 0 Å². The fourth-order valence-corrected chi connectivity index (χ4v) is 3.07. The molecule has 0 aliphatic heterocycles. The molecular formula is C24H25NO2. The zero-order valence-electron chi connectivity index (χ0n) is 16.3. The first-order chi connectivity index (χ1) is 13.1. The average molecular weight is 359 g/mol. The SMILES string of the molecule is COC1=CC(c2ccc(N=C(C)c3ccccc3)c(OC)c2)=CCC=C1C. The Bertz CT molecular complexity index is 934. The van der Waals surface area contributed by atoms with Crippen LogP contribution in [0.3, 0.4) is 0 Å². The van der Waals surface area contributed by atoms with Gasteiger partial charge in [0.1, 0.15) is 17.2 Å². The van der Waals surface area contributed by atoms with Gasteiger partial charge >= 0.3 is 0 Å². The molecule has 0 aromatic heterocycles. The van der Waals surface area contributed by atoms with Gasteiger partial charge in [0.25, 0.3) is 0 Å². The number of rotatable bonds is 5. The molecule has 3 nitrogen and oxygen atoms in total. The van der Waals surface area contributed by atoms with E-state index in [1.54, 1.807) is 14.2 Å². The summed E-state index contributed by atoms with van der Waals surface area (Å²) in [5, 5.41) is 0. The molecule has 2 aromatic rings. The third-order valence-corrected chi connectivity index (χ3v) is 4.65. The molecule has 3 heteroatoms. The van der Waals surface area contributed by atoms with Crippen LogP contribution in [-0.4, -0.2) is 19.9 Å². The quantitative estimate of drug-likeness (QED) is 0.604. The number of allylic oxidation sites excluding steroid dienone is 5. The largest absolute Gasteiger partial charge is 0.496 e. The minimum atomic E-state index is 0.755. The Hall–Kier alpha value is -3.07. The van der Waals surface area contributed by atoms with Crippen molar-refractivity contribution in [1.29, 1.82) is 0 Å². The third kappa shape index (κ3) is 4.37. The van der Waals surface area contributed by atoms with Gasteiger partial charge in [0.05, 0.1) is 14.2 Å². The molecule has 0 saturated heterocycles. The summed E-state index contributed by atoms with van der Waals surface area (Å²) in [6, 6.07) is 16.3. The maximum absolute atomic E-state index is 5.62. The molecule has 3 rings (SSSR count). The summed E-state index contributed by atoms with van der Waals surface area (Å²) in [6.07, 6.45) is 7.32. The van der Waals surface area contributed by atoms with E-state index in [1.807, 2.05) is 37.3 Å². The lowest BCUT2D eigenvalue weighted by atomic mass is 10.0. The number of aliphatic imine (C=N–C) groups is 1. The topological polar surface area (TPSA) is 30.8 Å². The normalized spacial score (nSPS) is 14.7. The highest BCUT2D eigenvalue weighted by molar-refractivity contribution is 6.00. The van der Waals surface area contributed by atoms with Crippen LogP contribution < -0.4 is 4.74 Å². The van der Waals surface area contributed by atoms with Crippen molar-refractivity contribution in [3.8, 4) is 5.75 Å². The molecule has 0 radical (unpaired) electrons. The molecule has 0 spiro atoms. The van der Waals surface area contributed by atoms with Gasteiger partial charge in [-0.1, -0.05) is 48.6 Å². The van der Waals surface area contributed by atoms with Gasteiger partial charge in [0, 0.05) is 5.71 Å². The van der Waals surface area contributed by atoms with Crippen LogP contribution in [0.15, 0.2) is 83.1 Å². The number of ether oxygens (including phenoxy) is 2. The first-order valence-electron chi connectivity index (χ1n) is 9.04. The van der Waals surface area contributed by atoms with Gasteiger partial charge in [-0.25, -0.2) is 4.99 Å². The summed E-state index contributed by atoms with van der Waals surface area (Å²) in [6.45, 7) is 4.08. The van der Waals surface area contributed by atoms with Crippen LogP contribution in [0.4, 0.5) is 5.69 Å². The Balaban J connectivity index is 1.96. The van der Waals surface area contributed by atoms with E-state index in [9.17, 15) is 0 Å². The zero-order chi connectivity index (χ0) is 19.2. The standard InChI is InChI=1S/C24H25NO2/c1-17-9-8-12-20(15-23(17)26-3)21-13-14-22(24(16-21)27-4)25-18(2)19-10-6-5-7-11-19/h5-7,9-16H,8H2,1-4H3. The minimum Gasteiger partial charge on any atom is -0.496 e. The molecule has 1 aliphatic rings. The molecule has 1 aliphatic carbocycles. The van der Waals surface area contributed by atoms with E-state index >= 15 is 0 Å². The number of nitrogens with zero attached hydrogens (tertiary/aromatic N) is 1. The second kappa shape index (κ2) is 8.54. The van der Waals surface area contributed by atoms with Gasteiger partial charge < -0.3 is 9.47 Å². The number of hydrogen-bond donors (Lipinski definition) is 0. The van der Waals surface area contributed by atoms with Crippen LogP contribution in [0.1, 0.15) is 31.4 Å². The van der Waals surface area contributed by atoms with Crippen molar-refractivity contribution >= 4 is 17.0 Å². The van der Waals surface area contributed by atoms with E-state index in [0.717, 1.165) is 51.6 Å². The van der Waals surface area contributed by atoms with Crippen molar-refractivity contribution in [3.63, 3.8) is 0 Å². The Morgan fingerprint density at radius 2 is 1.74 bits per heavy atom. The highest BCUT2D eigenvalue weighted by atomic mass is 16.5. The smallest absolute Gasteiger partial charge is 0.145 e. The lowest BCUT2D eigenvalue weighted by Crippen LogP contribution is -1.94. The van der Waals surface area contributed by atoms with Gasteiger partial charge in [-0.15, -0.1) is 0 Å². The fourth-order valence-electron chi connectivity index (χ4n) is 3.07. The molecule has 2 aromatic carbocycles. The van der Waals surface area contributed by atoms with E-state index in [1.165, 1.54) is 0 Å². The average Bonchev–Trinajstić information content (AvgIpc) is 2.90. The molecule has 0 fully saturated rings. The monoisotopic (exact) mass is 359 g/mol. The van der Waals surface area contributed by atoms with E-state index in [0.29, 0.717) is 0 Å². The minimum absolute atomic E-state index is 0.755. The fraction of sp³-hybridized carbons (Fsp3) is 0.208. The van der Waals surface area contributed by atoms with Crippen molar-refractivity contribution in [2.24, 2.45) is 4.99 Å². The highest BCUT2D eigenvalue weighted by Gasteiger charge is 2.11. The Morgan fingerprint density at radius 1 is 0.963 bits per heavy atom. The lowest BCUT2D eigenvalue weighted by Gasteiger charge is -2.11. The molecule has 138 valence electrons. The summed E-state index contributed by atoms with van der Waals surface area (Å²) < 4.78 is 11.1. The summed E-state index contributed by atoms with van der Waals surface area (Å²) in [4.78, 5) is 4.77. The molecule has 0 amide bonds. The molecule has 0 N–H and O–H groups in total. The summed E-state index contributed by atoms with van der Waals surface area (Å²) >= 11 is 0. The van der Waals surface area contributed by atoms with E-state index in [4.69, 9.17) is 14.5 Å². The number of hydrogen-bond acceptors (Lipinski definition) is 3. The molecule has 0 heterocycles. The predicted octanol–water partition coefficient (Wildman–Crippen LogP) is 6.10. The molecule has 0 saturated carbocycles. The van der Waals surface area contributed by atoms with E-state index in [-0.39, 0.29) is 0 Å². The van der Waals surface area contributed by atoms with E-state index in [2.05, 4.69) is 43.4 Å². The first-order valence-corrected chi connectivity index (χ1v) is 9.04. The van der Waals surface area contributed by atoms with Crippen LogP contribution in [0.2, 0.25) is 0 Å². The van der Waals surface area contributed by atoms with Crippen molar-refractivity contribution < 1.29 is 9.47 Å². The summed E-state index contributed by atoms with van der Waals surface area (Å²) in [5.41, 5.74) is 6.23. The Kier molecular flexibility index (Phi) is 5.92. The molecule has 27 heavy (non-hydrogen) atoms. The van der Waals surface area contributed by atoms with Crippen LogP contribution >= 0.6 is 0 Å². The molecule has 0 atom stereocenters. The van der Waals surface area contributed by atoms with Gasteiger partial charge in [-0.2, -0.15) is 0 Å². The lowest BCUT2D eigenvalue weighted by molar-refractivity contribution is 0.301. The van der Waals surface area contributed by atoms with Crippen molar-refractivity contribution in [3.05, 3.63) is 89.2 Å². The van der Waals surface area contributed by atoms with Crippen molar-refractivity contribution in [1.82, 2.24) is 0 Å². The Morgan fingerprint density at radius 3 is 2.44 bits per heavy atom. The van der Waals surface area contributed by atoms with Gasteiger partial charge in [-0.3, -0.25) is 0 Å². The zero-order valence-corrected chi connectivity index (χ0v) is 16.3. The first kappa shape index (κ1) is 18.7. The second-order valence-electron chi connectivity index (χ2n) is 6.44. The maximum atomic E-state index is 5.62. The van der Waals surface area contributed by atoms with Crippen LogP contribution in [0.5, 0.6) is 5.75 Å². The van der Waals surface area contributed by atoms with Crippen LogP contribution in [-0.2, 0) is 4.74 Å². The molecular weight excluding hydrogens is 334 g/mol. The predicted molar refractivity (Wildman–Crippen MR) is 113 cm³/mol. The summed E-state index contributed by atoms with van der Waals surface area (Å²) in [7, 11) is 3.39. The van der Waals surface area contributed by atoms with Crippen molar-refractivity contribution in [2.45, 2.75) is 20.3 Å². The maximum Gasteiger partial charge on any atom is 0.145 e. The van der Waals surface area contributed by atoms with Crippen LogP contribution in [0, 0.1) is 0 Å². The highest BCUT2D eigenvalue weighted by Crippen LogP contribution is 2.33. The van der Waals surface area contributed by atoms with Crippen LogP contribution in [0.25, 0.3) is 5.57 Å². The van der Waals surface area contributed by atoms with E-state index < -0.39 is 0 Å². The van der Waals surface area contributed by atoms with Crippen molar-refractivity contribution in [2.75, 3.05) is 14.2 Å². The second-order valence-corrected chi connectivity index (χ2v) is 6.44. The van der Waals surface area contributed by atoms with Gasteiger partial charge in [-0.05, 0) is 60.8 Å². The number of methoxy groups -OCH3 is 2. The molecule has 0 bridgehead atoms. The Labute approximate surface area is 161 Å². The number of benzene rings is 2. The molecule has 0 unspecified atom stereocenters. The summed E-state index contributed by atoms with van der Waals surface area (Å²) in [5.74, 6) is 1.64. The third-order valence-electron chi connectivity index (χ3n) is 4.65.